The van der Waals surface area contributed by atoms with Gasteiger partial charge in [-0.3, -0.25) is 10.1 Å². The smallest absolute Gasteiger partial charge is 0.232 e. The maximum Gasteiger partial charge on any atom is 0.232 e. The van der Waals surface area contributed by atoms with E-state index in [9.17, 15) is 13.6 Å². The molecule has 0 spiro atoms. The molecule has 1 aromatic carbocycles. The minimum atomic E-state index is -0.962. The van der Waals surface area contributed by atoms with Crippen molar-refractivity contribution >= 4 is 11.9 Å². The molecule has 1 atom stereocenters. The predicted molar refractivity (Wildman–Crippen MR) is 88.0 cm³/mol. The van der Waals surface area contributed by atoms with Gasteiger partial charge in [0.15, 0.2) is 11.6 Å². The number of anilines is 1. The zero-order valence-electron chi connectivity index (χ0n) is 13.8. The van der Waals surface area contributed by atoms with Crippen LogP contribution in [0.4, 0.5) is 14.7 Å². The van der Waals surface area contributed by atoms with Crippen LogP contribution in [-0.4, -0.2) is 30.6 Å². The largest absolute Gasteiger partial charge is 0.314 e. The Morgan fingerprint density at radius 3 is 2.85 bits per heavy atom. The highest BCUT2D eigenvalue weighted by Crippen LogP contribution is 2.23. The lowest BCUT2D eigenvalue weighted by Crippen LogP contribution is -2.25. The van der Waals surface area contributed by atoms with E-state index in [4.69, 9.17) is 0 Å². The molecule has 0 saturated heterocycles. The summed E-state index contributed by atoms with van der Waals surface area (Å²) >= 11 is 0. The first-order valence-electron chi connectivity index (χ1n) is 7.99. The van der Waals surface area contributed by atoms with Crippen molar-refractivity contribution in [1.82, 2.24) is 24.7 Å². The molecule has 0 radical (unpaired) electrons. The average Bonchev–Trinajstić information content (AvgIpc) is 3.20. The number of aromatic nitrogens is 5. The number of hydrogen-bond donors (Lipinski definition) is 1. The van der Waals surface area contributed by atoms with Gasteiger partial charge in [0.25, 0.3) is 0 Å². The van der Waals surface area contributed by atoms with Crippen LogP contribution >= 0.6 is 0 Å². The summed E-state index contributed by atoms with van der Waals surface area (Å²) in [5, 5.41) is 10.7. The van der Waals surface area contributed by atoms with E-state index in [0.717, 1.165) is 23.8 Å². The number of nitrogens with zero attached hydrogens (tertiary/aromatic N) is 5. The third-order valence-electron chi connectivity index (χ3n) is 4.32. The molecule has 26 heavy (non-hydrogen) atoms. The maximum atomic E-state index is 13.4. The van der Waals surface area contributed by atoms with E-state index in [0.29, 0.717) is 24.2 Å². The second-order valence-electron chi connectivity index (χ2n) is 6.06. The monoisotopic (exact) mass is 356 g/mol. The highest BCUT2D eigenvalue weighted by Gasteiger charge is 2.30. The summed E-state index contributed by atoms with van der Waals surface area (Å²) in [6.07, 6.45) is 1.95. The normalized spacial score (nSPS) is 15.7. The zero-order valence-corrected chi connectivity index (χ0v) is 13.8. The third kappa shape index (κ3) is 2.92. The number of aryl methyl sites for hydroxylation is 1. The minimum absolute atomic E-state index is 0.108. The Balaban J connectivity index is 1.50. The maximum absolute atomic E-state index is 13.4. The Labute approximate surface area is 147 Å². The lowest BCUT2D eigenvalue weighted by atomic mass is 10.1. The topological polar surface area (TPSA) is 85.6 Å². The van der Waals surface area contributed by atoms with Gasteiger partial charge in [0.05, 0.1) is 11.6 Å². The number of carbonyl (C=O) groups is 1. The van der Waals surface area contributed by atoms with Crippen LogP contribution in [0.3, 0.4) is 0 Å². The van der Waals surface area contributed by atoms with Gasteiger partial charge < -0.3 is 4.57 Å². The molecular formula is C17H14F2N6O. The molecule has 0 saturated carbocycles. The molecule has 0 aliphatic carbocycles. The average molecular weight is 356 g/mol. The first-order chi connectivity index (χ1) is 12.5. The molecule has 9 heteroatoms. The van der Waals surface area contributed by atoms with Crippen molar-refractivity contribution in [3.63, 3.8) is 0 Å². The van der Waals surface area contributed by atoms with Crippen molar-refractivity contribution in [3.05, 3.63) is 53.7 Å². The molecular weight excluding hydrogens is 342 g/mol. The number of rotatable bonds is 3. The van der Waals surface area contributed by atoms with Crippen molar-refractivity contribution < 1.29 is 13.6 Å². The fourth-order valence-electron chi connectivity index (χ4n) is 2.94. The molecule has 1 aliphatic heterocycles. The summed E-state index contributed by atoms with van der Waals surface area (Å²) in [6, 6.07) is 5.05. The van der Waals surface area contributed by atoms with Crippen molar-refractivity contribution in [1.29, 1.82) is 0 Å². The van der Waals surface area contributed by atoms with Gasteiger partial charge in [-0.05, 0) is 31.2 Å². The van der Waals surface area contributed by atoms with Crippen molar-refractivity contribution in [2.24, 2.45) is 5.92 Å². The van der Waals surface area contributed by atoms with Gasteiger partial charge in [0.1, 0.15) is 11.6 Å². The van der Waals surface area contributed by atoms with Gasteiger partial charge in [0, 0.05) is 24.7 Å². The summed E-state index contributed by atoms with van der Waals surface area (Å²) in [5.74, 6) is -0.745. The Bertz CT molecular complexity index is 1000. The second kappa shape index (κ2) is 6.25. The van der Waals surface area contributed by atoms with E-state index in [-0.39, 0.29) is 17.8 Å². The van der Waals surface area contributed by atoms with Crippen LogP contribution in [0.2, 0.25) is 0 Å². The van der Waals surface area contributed by atoms with Crippen LogP contribution in [0.15, 0.2) is 30.5 Å². The van der Waals surface area contributed by atoms with Gasteiger partial charge in [-0.15, -0.1) is 10.2 Å². The lowest BCUT2D eigenvalue weighted by molar-refractivity contribution is -0.119. The SMILES string of the molecule is Cc1nnc2n1CC(C(=O)Nc1nccc(-c3ccc(F)c(F)c3)n1)C2. The molecule has 3 aromatic rings. The van der Waals surface area contributed by atoms with Crippen LogP contribution in [0.1, 0.15) is 11.6 Å². The molecule has 1 aliphatic rings. The van der Waals surface area contributed by atoms with E-state index < -0.39 is 11.6 Å². The minimum Gasteiger partial charge on any atom is -0.314 e. The first-order valence-corrected chi connectivity index (χ1v) is 7.99. The van der Waals surface area contributed by atoms with Gasteiger partial charge in [-0.1, -0.05) is 0 Å². The van der Waals surface area contributed by atoms with Crippen LogP contribution in [-0.2, 0) is 17.8 Å². The Morgan fingerprint density at radius 2 is 2.08 bits per heavy atom. The van der Waals surface area contributed by atoms with E-state index >= 15 is 0 Å². The first kappa shape index (κ1) is 16.2. The van der Waals surface area contributed by atoms with Crippen molar-refractivity contribution in [2.75, 3.05) is 5.32 Å². The van der Waals surface area contributed by atoms with Crippen molar-refractivity contribution in [2.45, 2.75) is 19.9 Å². The van der Waals surface area contributed by atoms with Crippen LogP contribution in [0.25, 0.3) is 11.3 Å². The summed E-state index contributed by atoms with van der Waals surface area (Å²) in [7, 11) is 0. The molecule has 4 rings (SSSR count). The Kier molecular flexibility index (Phi) is 3.90. The summed E-state index contributed by atoms with van der Waals surface area (Å²) in [6.45, 7) is 2.34. The molecule has 1 N–H and O–H groups in total. The number of halogens is 2. The van der Waals surface area contributed by atoms with Gasteiger partial charge in [-0.25, -0.2) is 18.7 Å². The fraction of sp³-hybridized carbons (Fsp3) is 0.235. The van der Waals surface area contributed by atoms with E-state index in [2.05, 4.69) is 25.5 Å². The van der Waals surface area contributed by atoms with Crippen LogP contribution < -0.4 is 5.32 Å². The second-order valence-corrected chi connectivity index (χ2v) is 6.06. The zero-order chi connectivity index (χ0) is 18.3. The molecule has 2 aromatic heterocycles. The lowest BCUT2D eigenvalue weighted by Gasteiger charge is -2.10. The molecule has 1 unspecified atom stereocenters. The number of fused-ring (bicyclic) bond motifs is 1. The van der Waals surface area contributed by atoms with E-state index in [1.54, 1.807) is 6.07 Å². The number of carbonyl (C=O) groups excluding carboxylic acids is 1. The molecule has 132 valence electrons. The van der Waals surface area contributed by atoms with Crippen LogP contribution in [0.5, 0.6) is 0 Å². The van der Waals surface area contributed by atoms with Gasteiger partial charge in [0.2, 0.25) is 11.9 Å². The summed E-state index contributed by atoms with van der Waals surface area (Å²) in [4.78, 5) is 20.7. The highest BCUT2D eigenvalue weighted by atomic mass is 19.2. The van der Waals surface area contributed by atoms with Crippen molar-refractivity contribution in [3.8, 4) is 11.3 Å². The molecule has 0 bridgehead atoms. The van der Waals surface area contributed by atoms with E-state index in [1.807, 2.05) is 11.5 Å². The van der Waals surface area contributed by atoms with E-state index in [1.165, 1.54) is 12.3 Å². The number of hydrogen-bond acceptors (Lipinski definition) is 5. The summed E-state index contributed by atoms with van der Waals surface area (Å²) in [5.41, 5.74) is 0.776. The molecule has 1 amide bonds. The number of nitrogens with one attached hydrogen (secondary N) is 1. The third-order valence-corrected chi connectivity index (χ3v) is 4.32. The highest BCUT2D eigenvalue weighted by molar-refractivity contribution is 5.91. The molecule has 7 nitrogen and oxygen atoms in total. The Hall–Kier alpha value is -3.23. The fourth-order valence-corrected chi connectivity index (χ4v) is 2.94. The summed E-state index contributed by atoms with van der Waals surface area (Å²) < 4.78 is 28.4. The Morgan fingerprint density at radius 1 is 1.23 bits per heavy atom. The predicted octanol–water partition coefficient (Wildman–Crippen LogP) is 2.13. The quantitative estimate of drug-likeness (QED) is 0.777. The standard InChI is InChI=1S/C17H14F2N6O/c1-9-23-24-15-7-11(8-25(9)15)16(26)22-17-20-5-4-14(21-17)10-2-3-12(18)13(19)6-10/h2-6,11H,7-8H2,1H3,(H,20,21,22,26). The number of amides is 1. The van der Waals surface area contributed by atoms with Gasteiger partial charge >= 0.3 is 0 Å². The molecule has 3 heterocycles. The van der Waals surface area contributed by atoms with Crippen LogP contribution in [0, 0.1) is 24.5 Å². The molecule has 0 fully saturated rings. The number of benzene rings is 1. The van der Waals surface area contributed by atoms with Gasteiger partial charge in [-0.2, -0.15) is 0 Å².